The predicted octanol–water partition coefficient (Wildman–Crippen LogP) is 4.44. The molecule has 0 saturated carbocycles. The van der Waals surface area contributed by atoms with Crippen molar-refractivity contribution >= 4 is 49.0 Å². The van der Waals surface area contributed by atoms with Crippen LogP contribution in [-0.4, -0.2) is 29.2 Å². The Bertz CT molecular complexity index is 1560. The average Bonchev–Trinajstić information content (AvgIpc) is 3.11. The molecule has 5 rings (SSSR count). The number of nitrogens with one attached hydrogen (secondary N) is 1. The van der Waals surface area contributed by atoms with Crippen molar-refractivity contribution in [1.29, 1.82) is 0 Å². The lowest BCUT2D eigenvalue weighted by Crippen LogP contribution is -2.16. The Balaban J connectivity index is 1.42. The second-order valence-corrected chi connectivity index (χ2v) is 11.8. The maximum Gasteiger partial charge on any atom is 0.264 e. The van der Waals surface area contributed by atoms with Gasteiger partial charge in [0.25, 0.3) is 10.0 Å². The van der Waals surface area contributed by atoms with Crippen LogP contribution in [0.4, 0.5) is 11.6 Å². The lowest BCUT2D eigenvalue weighted by molar-refractivity contribution is 0.104. The maximum absolute atomic E-state index is 13.3. The normalized spacial score (nSPS) is 15.7. The van der Waals surface area contributed by atoms with E-state index in [1.54, 1.807) is 19.9 Å². The van der Waals surface area contributed by atoms with Gasteiger partial charge >= 0.3 is 0 Å². The summed E-state index contributed by atoms with van der Waals surface area (Å²) in [5, 5.41) is 0.808. The number of hydrogen-bond donors (Lipinski definition) is 2. The number of carbonyl (C=O) groups excluding carboxylic acids is 1. The third-order valence-electron chi connectivity index (χ3n) is 6.17. The van der Waals surface area contributed by atoms with E-state index >= 15 is 0 Å². The third-order valence-corrected chi connectivity index (χ3v) is 8.63. The van der Waals surface area contributed by atoms with Crippen molar-refractivity contribution in [2.24, 2.45) is 5.92 Å². The molecule has 0 fully saturated rings. The molecule has 3 aromatic heterocycles. The van der Waals surface area contributed by atoms with E-state index in [-0.39, 0.29) is 16.6 Å². The van der Waals surface area contributed by atoms with Crippen LogP contribution in [0.25, 0.3) is 10.2 Å². The number of carbonyl (C=O) groups is 1. The van der Waals surface area contributed by atoms with Gasteiger partial charge in [0.1, 0.15) is 9.71 Å². The highest BCUT2D eigenvalue weighted by Crippen LogP contribution is 2.37. The molecule has 0 saturated heterocycles. The van der Waals surface area contributed by atoms with Gasteiger partial charge < -0.3 is 5.73 Å². The second-order valence-electron chi connectivity index (χ2n) is 9.07. The van der Waals surface area contributed by atoms with Gasteiger partial charge in [-0.3, -0.25) is 4.79 Å². The number of thiophene rings is 1. The zero-order valence-corrected chi connectivity index (χ0v) is 21.3. The fourth-order valence-corrected chi connectivity index (χ4v) is 6.41. The summed E-state index contributed by atoms with van der Waals surface area (Å²) in [4.78, 5) is 27.5. The largest absolute Gasteiger partial charge is 0.397 e. The number of hydrogen-bond acceptors (Lipinski definition) is 8. The zero-order chi connectivity index (χ0) is 24.9. The molecule has 0 aliphatic heterocycles. The van der Waals surface area contributed by atoms with Crippen molar-refractivity contribution in [3.8, 4) is 0 Å². The summed E-state index contributed by atoms with van der Waals surface area (Å²) in [5.74, 6) is 0.352. The number of rotatable bonds is 5. The zero-order valence-electron chi connectivity index (χ0n) is 19.6. The number of benzene rings is 1. The van der Waals surface area contributed by atoms with Gasteiger partial charge in [0.15, 0.2) is 0 Å². The number of fused-ring (bicyclic) bond motifs is 2. The molecule has 4 aromatic rings. The SMILES string of the molecule is Cc1cc(C)nc(NS(=O)(=O)c2ccc(C(=O)c3sc4nc5c(cc4c3N)CC(C)CC5)cc2)n1. The van der Waals surface area contributed by atoms with E-state index in [1.165, 1.54) is 41.2 Å². The van der Waals surface area contributed by atoms with Crippen LogP contribution < -0.4 is 10.5 Å². The van der Waals surface area contributed by atoms with Crippen molar-refractivity contribution in [2.75, 3.05) is 10.5 Å². The fraction of sp³-hybridized carbons (Fsp3) is 0.280. The quantitative estimate of drug-likeness (QED) is 0.382. The van der Waals surface area contributed by atoms with Crippen LogP contribution in [0.2, 0.25) is 0 Å². The summed E-state index contributed by atoms with van der Waals surface area (Å²) in [6.45, 7) is 5.75. The van der Waals surface area contributed by atoms with Gasteiger partial charge in [-0.2, -0.15) is 0 Å². The first-order chi connectivity index (χ1) is 16.6. The molecule has 0 amide bonds. The van der Waals surface area contributed by atoms with E-state index in [2.05, 4.69) is 27.7 Å². The first-order valence-corrected chi connectivity index (χ1v) is 13.6. The van der Waals surface area contributed by atoms with Crippen LogP contribution in [0.5, 0.6) is 0 Å². The van der Waals surface area contributed by atoms with Crippen LogP contribution in [0.3, 0.4) is 0 Å². The maximum atomic E-state index is 13.3. The lowest BCUT2D eigenvalue weighted by atomic mass is 9.87. The summed E-state index contributed by atoms with van der Waals surface area (Å²) < 4.78 is 28.0. The lowest BCUT2D eigenvalue weighted by Gasteiger charge is -2.20. The second kappa shape index (κ2) is 8.69. The highest BCUT2D eigenvalue weighted by atomic mass is 32.2. The Hall–Kier alpha value is -3.37. The summed E-state index contributed by atoms with van der Waals surface area (Å²) in [5.41, 5.74) is 10.8. The van der Waals surface area contributed by atoms with Gasteiger partial charge in [-0.1, -0.05) is 6.92 Å². The van der Waals surface area contributed by atoms with Gasteiger partial charge in [-0.25, -0.2) is 28.1 Å². The van der Waals surface area contributed by atoms with Crippen LogP contribution in [0.1, 0.15) is 51.2 Å². The third kappa shape index (κ3) is 4.51. The summed E-state index contributed by atoms with van der Waals surface area (Å²) >= 11 is 1.28. The van der Waals surface area contributed by atoms with Crippen molar-refractivity contribution in [3.63, 3.8) is 0 Å². The van der Waals surface area contributed by atoms with E-state index in [9.17, 15) is 13.2 Å². The van der Waals surface area contributed by atoms with E-state index in [0.29, 0.717) is 33.4 Å². The minimum Gasteiger partial charge on any atom is -0.397 e. The number of aromatic nitrogens is 3. The van der Waals surface area contributed by atoms with Crippen LogP contribution in [-0.2, 0) is 22.9 Å². The number of nitrogen functional groups attached to an aromatic ring is 1. The topological polar surface area (TPSA) is 128 Å². The van der Waals surface area contributed by atoms with Crippen LogP contribution >= 0.6 is 11.3 Å². The number of anilines is 2. The van der Waals surface area contributed by atoms with E-state index < -0.39 is 10.0 Å². The molecule has 1 unspecified atom stereocenters. The fourth-order valence-electron chi connectivity index (χ4n) is 4.41. The van der Waals surface area contributed by atoms with Crippen molar-refractivity contribution in [2.45, 2.75) is 44.9 Å². The Labute approximate surface area is 207 Å². The molecule has 0 bridgehead atoms. The van der Waals surface area contributed by atoms with Crippen molar-refractivity contribution in [1.82, 2.24) is 15.0 Å². The monoisotopic (exact) mass is 507 g/mol. The molecule has 8 nitrogen and oxygen atoms in total. The standard InChI is InChI=1S/C25H25N5O3S2/c1-13-4-9-20-17(10-13)12-19-21(26)23(34-24(19)29-20)22(31)16-5-7-18(8-6-16)35(32,33)30-25-27-14(2)11-15(3)28-25/h5-8,11-13H,4,9-10,26H2,1-3H3,(H,27,28,30). The predicted molar refractivity (Wildman–Crippen MR) is 137 cm³/mol. The number of nitrogens with zero attached hydrogens (tertiary/aromatic N) is 3. The molecule has 0 spiro atoms. The van der Waals surface area contributed by atoms with E-state index in [1.807, 2.05) is 0 Å². The highest BCUT2D eigenvalue weighted by molar-refractivity contribution is 7.92. The minimum atomic E-state index is -3.92. The van der Waals surface area contributed by atoms with Crippen LogP contribution in [0.15, 0.2) is 41.3 Å². The molecule has 0 radical (unpaired) electrons. The minimum absolute atomic E-state index is 0.00424. The van der Waals surface area contributed by atoms with Gasteiger partial charge in [0, 0.05) is 28.0 Å². The average molecular weight is 508 g/mol. The number of ketones is 1. The molecule has 35 heavy (non-hydrogen) atoms. The first-order valence-electron chi connectivity index (χ1n) is 11.3. The molecule has 1 aliphatic rings. The molecule has 1 aromatic carbocycles. The first kappa shape index (κ1) is 23.4. The molecule has 1 aliphatic carbocycles. The summed E-state index contributed by atoms with van der Waals surface area (Å²) in [7, 11) is -3.92. The molecule has 3 N–H and O–H groups in total. The van der Waals surface area contributed by atoms with Crippen molar-refractivity contribution in [3.05, 3.63) is 69.5 Å². The number of pyridine rings is 1. The summed E-state index contributed by atoms with van der Waals surface area (Å²) in [6.07, 6.45) is 3.01. The molecular formula is C25H25N5O3S2. The Morgan fingerprint density at radius 3 is 2.46 bits per heavy atom. The Morgan fingerprint density at radius 2 is 1.77 bits per heavy atom. The van der Waals surface area contributed by atoms with Gasteiger partial charge in [0.2, 0.25) is 11.7 Å². The van der Waals surface area contributed by atoms with E-state index in [0.717, 1.165) is 35.2 Å². The molecule has 1 atom stereocenters. The Morgan fingerprint density at radius 1 is 1.09 bits per heavy atom. The number of aryl methyl sites for hydroxylation is 3. The van der Waals surface area contributed by atoms with Crippen LogP contribution in [0, 0.1) is 19.8 Å². The van der Waals surface area contributed by atoms with Crippen molar-refractivity contribution < 1.29 is 13.2 Å². The molecule has 180 valence electrons. The highest BCUT2D eigenvalue weighted by Gasteiger charge is 2.24. The molecular weight excluding hydrogens is 482 g/mol. The Kier molecular flexibility index (Phi) is 5.80. The molecule has 10 heteroatoms. The smallest absolute Gasteiger partial charge is 0.264 e. The van der Waals surface area contributed by atoms with Gasteiger partial charge in [-0.15, -0.1) is 11.3 Å². The van der Waals surface area contributed by atoms with Gasteiger partial charge in [-0.05, 0) is 81.0 Å². The van der Waals surface area contributed by atoms with E-state index in [4.69, 9.17) is 10.7 Å². The summed E-state index contributed by atoms with van der Waals surface area (Å²) in [6, 6.07) is 9.59. The number of sulfonamides is 1. The van der Waals surface area contributed by atoms with Gasteiger partial charge in [0.05, 0.1) is 10.6 Å². The molecule has 3 heterocycles. The number of nitrogens with two attached hydrogens (primary N) is 1.